The van der Waals surface area contributed by atoms with E-state index < -0.39 is 0 Å². The van der Waals surface area contributed by atoms with Crippen molar-refractivity contribution >= 4 is 0 Å². The van der Waals surface area contributed by atoms with Gasteiger partial charge in [0.05, 0.1) is 0 Å². The Morgan fingerprint density at radius 3 is 2.75 bits per heavy atom. The third-order valence-corrected chi connectivity index (χ3v) is 1.48. The molecule has 1 rings (SSSR count). The second kappa shape index (κ2) is 2.71. The van der Waals surface area contributed by atoms with Gasteiger partial charge in [-0.3, -0.25) is 0 Å². The van der Waals surface area contributed by atoms with Crippen LogP contribution in [0, 0.1) is 0 Å². The van der Waals surface area contributed by atoms with Gasteiger partial charge in [0, 0.05) is 0 Å². The van der Waals surface area contributed by atoms with E-state index in [0.717, 1.165) is 0 Å². The average Bonchev–Trinajstić information content (AvgIpc) is 1.90. The summed E-state index contributed by atoms with van der Waals surface area (Å²) in [7, 11) is 0. The van der Waals surface area contributed by atoms with Gasteiger partial charge in [-0.25, -0.2) is 0 Å². The molecule has 0 fully saturated rings. The summed E-state index contributed by atoms with van der Waals surface area (Å²) in [6.07, 6.45) is 10.5. The Morgan fingerprint density at radius 2 is 2.38 bits per heavy atom. The zero-order valence-corrected chi connectivity index (χ0v) is 5.35. The molecule has 0 unspecified atom stereocenters. The van der Waals surface area contributed by atoms with Crippen molar-refractivity contribution in [3.63, 3.8) is 0 Å². The number of rotatable bonds is 1. The number of hydrogen-bond acceptors (Lipinski definition) is 0. The largest absolute Gasteiger partial charge is 0.0840 e. The summed E-state index contributed by atoms with van der Waals surface area (Å²) in [5, 5.41) is 0. The van der Waals surface area contributed by atoms with Crippen molar-refractivity contribution in [3.05, 3.63) is 23.8 Å². The van der Waals surface area contributed by atoms with Crippen LogP contribution in [0.2, 0.25) is 0 Å². The fraction of sp³-hybridized carbons (Fsp3) is 0.500. The molecule has 1 aliphatic carbocycles. The van der Waals surface area contributed by atoms with Crippen molar-refractivity contribution < 1.29 is 0 Å². The summed E-state index contributed by atoms with van der Waals surface area (Å²) < 4.78 is 0. The van der Waals surface area contributed by atoms with Gasteiger partial charge in [0.25, 0.3) is 0 Å². The van der Waals surface area contributed by atoms with Gasteiger partial charge in [-0.15, -0.1) is 0 Å². The molecular formula is C8H12. The third-order valence-electron chi connectivity index (χ3n) is 1.48. The van der Waals surface area contributed by atoms with E-state index in [1.54, 1.807) is 0 Å². The first kappa shape index (κ1) is 5.61. The lowest BCUT2D eigenvalue weighted by molar-refractivity contribution is 0.984. The van der Waals surface area contributed by atoms with Crippen LogP contribution >= 0.6 is 0 Å². The molecule has 0 saturated carbocycles. The molecule has 0 bridgehead atoms. The average molecular weight is 108 g/mol. The Bertz CT molecular complexity index is 118. The second-order valence-electron chi connectivity index (χ2n) is 2.11. The standard InChI is InChI=1S/C8H12/c1-2-8-6-4-3-5-7-8/h4,6-7H,2-3,5H2,1H3. The van der Waals surface area contributed by atoms with Crippen LogP contribution < -0.4 is 0 Å². The first-order chi connectivity index (χ1) is 3.93. The van der Waals surface area contributed by atoms with Gasteiger partial charge >= 0.3 is 0 Å². The minimum absolute atomic E-state index is 1.19. The van der Waals surface area contributed by atoms with Crippen molar-refractivity contribution in [2.75, 3.05) is 0 Å². The zero-order chi connectivity index (χ0) is 5.82. The van der Waals surface area contributed by atoms with Crippen molar-refractivity contribution in [1.29, 1.82) is 0 Å². The molecule has 0 heteroatoms. The highest BCUT2D eigenvalue weighted by Crippen LogP contribution is 2.11. The summed E-state index contributed by atoms with van der Waals surface area (Å²) >= 11 is 0. The highest BCUT2D eigenvalue weighted by molar-refractivity contribution is 5.21. The Morgan fingerprint density at radius 1 is 1.50 bits per heavy atom. The molecule has 0 aromatic rings. The molecule has 0 aromatic heterocycles. The maximum atomic E-state index is 2.32. The summed E-state index contributed by atoms with van der Waals surface area (Å²) in [6.45, 7) is 2.20. The van der Waals surface area contributed by atoms with Crippen LogP contribution in [0.15, 0.2) is 23.8 Å². The van der Waals surface area contributed by atoms with E-state index in [0.29, 0.717) is 0 Å². The molecule has 8 heavy (non-hydrogen) atoms. The van der Waals surface area contributed by atoms with E-state index in [4.69, 9.17) is 0 Å². The van der Waals surface area contributed by atoms with Crippen LogP contribution in [0.3, 0.4) is 0 Å². The first-order valence-corrected chi connectivity index (χ1v) is 3.29. The maximum Gasteiger partial charge on any atom is -0.0310 e. The van der Waals surface area contributed by atoms with Crippen molar-refractivity contribution in [2.45, 2.75) is 26.2 Å². The quantitative estimate of drug-likeness (QED) is 0.484. The van der Waals surface area contributed by atoms with Gasteiger partial charge in [0.15, 0.2) is 0 Å². The minimum atomic E-state index is 1.19. The minimum Gasteiger partial charge on any atom is -0.0840 e. The molecular weight excluding hydrogens is 96.1 g/mol. The van der Waals surface area contributed by atoms with Gasteiger partial charge in [-0.05, 0) is 19.3 Å². The molecule has 1 aliphatic rings. The lowest BCUT2D eigenvalue weighted by Crippen LogP contribution is -1.80. The predicted molar refractivity (Wildman–Crippen MR) is 36.7 cm³/mol. The van der Waals surface area contributed by atoms with Crippen molar-refractivity contribution in [3.8, 4) is 0 Å². The van der Waals surface area contributed by atoms with Crippen LogP contribution in [0.1, 0.15) is 26.2 Å². The van der Waals surface area contributed by atoms with E-state index in [2.05, 4.69) is 25.2 Å². The smallest absolute Gasteiger partial charge is 0.0310 e. The van der Waals surface area contributed by atoms with E-state index in [9.17, 15) is 0 Å². The molecule has 0 saturated heterocycles. The Hall–Kier alpha value is -0.520. The van der Waals surface area contributed by atoms with E-state index in [1.165, 1.54) is 24.8 Å². The van der Waals surface area contributed by atoms with Crippen LogP contribution in [-0.2, 0) is 0 Å². The topological polar surface area (TPSA) is 0 Å². The summed E-state index contributed by atoms with van der Waals surface area (Å²) in [6, 6.07) is 0. The second-order valence-corrected chi connectivity index (χ2v) is 2.11. The molecule has 0 spiro atoms. The summed E-state index contributed by atoms with van der Waals surface area (Å²) in [5.74, 6) is 0. The summed E-state index contributed by atoms with van der Waals surface area (Å²) in [4.78, 5) is 0. The van der Waals surface area contributed by atoms with Gasteiger partial charge in [-0.2, -0.15) is 0 Å². The molecule has 0 amide bonds. The summed E-state index contributed by atoms with van der Waals surface area (Å²) in [5.41, 5.74) is 1.50. The van der Waals surface area contributed by atoms with E-state index in [-0.39, 0.29) is 0 Å². The number of hydrogen-bond donors (Lipinski definition) is 0. The van der Waals surface area contributed by atoms with Crippen LogP contribution in [0.25, 0.3) is 0 Å². The monoisotopic (exact) mass is 108 g/mol. The molecule has 0 nitrogen and oxygen atoms in total. The van der Waals surface area contributed by atoms with Crippen molar-refractivity contribution in [1.82, 2.24) is 0 Å². The molecule has 0 atom stereocenters. The third kappa shape index (κ3) is 1.22. The molecule has 0 N–H and O–H groups in total. The zero-order valence-electron chi connectivity index (χ0n) is 5.35. The molecule has 0 aromatic carbocycles. The van der Waals surface area contributed by atoms with E-state index in [1.807, 2.05) is 0 Å². The lowest BCUT2D eigenvalue weighted by Gasteiger charge is -2.01. The van der Waals surface area contributed by atoms with Gasteiger partial charge in [0.1, 0.15) is 0 Å². The Kier molecular flexibility index (Phi) is 1.90. The highest BCUT2D eigenvalue weighted by Gasteiger charge is 1.90. The molecule has 0 heterocycles. The number of allylic oxidation sites excluding steroid dienone is 4. The Balaban J connectivity index is 2.51. The van der Waals surface area contributed by atoms with Crippen LogP contribution in [0.4, 0.5) is 0 Å². The maximum absolute atomic E-state index is 2.32. The normalized spacial score (nSPS) is 18.4. The first-order valence-electron chi connectivity index (χ1n) is 3.29. The van der Waals surface area contributed by atoms with Crippen LogP contribution in [0.5, 0.6) is 0 Å². The van der Waals surface area contributed by atoms with Gasteiger partial charge in [0.2, 0.25) is 0 Å². The molecule has 0 aliphatic heterocycles. The fourth-order valence-corrected chi connectivity index (χ4v) is 0.930. The van der Waals surface area contributed by atoms with Gasteiger partial charge in [-0.1, -0.05) is 30.7 Å². The molecule has 0 radical (unpaired) electrons. The lowest BCUT2D eigenvalue weighted by atomic mass is 10.1. The van der Waals surface area contributed by atoms with Crippen LogP contribution in [-0.4, -0.2) is 0 Å². The van der Waals surface area contributed by atoms with E-state index >= 15 is 0 Å². The SMILES string of the molecule is CCC1=CCCC=C1. The van der Waals surface area contributed by atoms with Gasteiger partial charge < -0.3 is 0 Å². The Labute approximate surface area is 50.9 Å². The predicted octanol–water partition coefficient (Wildman–Crippen LogP) is 2.67. The highest BCUT2D eigenvalue weighted by atomic mass is 14.0. The fourth-order valence-electron chi connectivity index (χ4n) is 0.930. The molecule has 44 valence electrons. The van der Waals surface area contributed by atoms with Crippen molar-refractivity contribution in [2.24, 2.45) is 0 Å².